The average Bonchev–Trinajstić information content (AvgIpc) is 3.24. The Morgan fingerprint density at radius 2 is 1.75 bits per heavy atom. The van der Waals surface area contributed by atoms with Crippen molar-refractivity contribution in [1.82, 2.24) is 0 Å². The summed E-state index contributed by atoms with van der Waals surface area (Å²) in [6.45, 7) is 3.77. The van der Waals surface area contributed by atoms with Gasteiger partial charge < -0.3 is 9.47 Å². The minimum Gasteiger partial charge on any atom is -0.454 e. The standard InChI is InChI=1S/C22H15Br2F4NO3/c1-22(2)12(8-18(23)24)19(22)21(30)32-17(9-29)10-3-4-13(25)16(5-10)31-11-6-14(26)20(28)15(27)7-11/h3-8,12,17,19H,1-2H3. The number of halogens is 6. The van der Waals surface area contributed by atoms with E-state index in [1.807, 2.05) is 26.0 Å². The van der Waals surface area contributed by atoms with Crippen molar-refractivity contribution in [1.29, 1.82) is 5.26 Å². The Kier molecular flexibility index (Phi) is 7.00. The van der Waals surface area contributed by atoms with Crippen molar-refractivity contribution >= 4 is 37.8 Å². The molecule has 0 spiro atoms. The Morgan fingerprint density at radius 3 is 2.31 bits per heavy atom. The van der Waals surface area contributed by atoms with E-state index in [0.29, 0.717) is 15.5 Å². The molecule has 32 heavy (non-hydrogen) atoms. The second-order valence-corrected chi connectivity index (χ2v) is 10.5. The van der Waals surface area contributed by atoms with Gasteiger partial charge in [0.05, 0.1) is 9.31 Å². The summed E-state index contributed by atoms with van der Waals surface area (Å²) in [6.07, 6.45) is 0.443. The summed E-state index contributed by atoms with van der Waals surface area (Å²) in [6, 6.07) is 6.18. The van der Waals surface area contributed by atoms with Crippen LogP contribution >= 0.6 is 31.9 Å². The molecule has 3 atom stereocenters. The zero-order valence-electron chi connectivity index (χ0n) is 16.6. The van der Waals surface area contributed by atoms with Gasteiger partial charge in [-0.2, -0.15) is 5.26 Å². The highest BCUT2D eigenvalue weighted by Gasteiger charge is 2.61. The van der Waals surface area contributed by atoms with E-state index >= 15 is 0 Å². The van der Waals surface area contributed by atoms with Crippen LogP contribution in [0.3, 0.4) is 0 Å². The van der Waals surface area contributed by atoms with Crippen molar-refractivity contribution in [2.45, 2.75) is 20.0 Å². The van der Waals surface area contributed by atoms with Crippen LogP contribution in [-0.4, -0.2) is 5.97 Å². The molecule has 0 aromatic heterocycles. The first-order valence-corrected chi connectivity index (χ1v) is 10.8. The van der Waals surface area contributed by atoms with Gasteiger partial charge in [0.15, 0.2) is 29.0 Å². The SMILES string of the molecule is CC1(C)C(C=C(Br)Br)C1C(=O)OC(C#N)c1ccc(F)c(Oc2cc(F)c(F)c(F)c2)c1. The second kappa shape index (κ2) is 9.24. The molecule has 2 aromatic carbocycles. The molecule has 168 valence electrons. The number of carbonyl (C=O) groups is 1. The van der Waals surface area contributed by atoms with Crippen LogP contribution in [0.1, 0.15) is 25.5 Å². The van der Waals surface area contributed by atoms with Gasteiger partial charge in [-0.05, 0) is 55.3 Å². The molecule has 0 heterocycles. The third-order valence-corrected chi connectivity index (χ3v) is 5.79. The van der Waals surface area contributed by atoms with Gasteiger partial charge in [-0.25, -0.2) is 17.6 Å². The van der Waals surface area contributed by atoms with E-state index < -0.39 is 52.8 Å². The maximum Gasteiger partial charge on any atom is 0.311 e. The Labute approximate surface area is 198 Å². The first kappa shape index (κ1) is 24.3. The number of hydrogen-bond donors (Lipinski definition) is 0. The summed E-state index contributed by atoms with van der Waals surface area (Å²) in [7, 11) is 0. The number of nitrogens with zero attached hydrogens (tertiary/aromatic N) is 1. The fourth-order valence-electron chi connectivity index (χ4n) is 3.41. The van der Waals surface area contributed by atoms with Crippen LogP contribution in [0, 0.1) is 51.9 Å². The van der Waals surface area contributed by atoms with Gasteiger partial charge >= 0.3 is 5.97 Å². The van der Waals surface area contributed by atoms with Crippen molar-refractivity contribution in [2.75, 3.05) is 0 Å². The van der Waals surface area contributed by atoms with E-state index in [4.69, 9.17) is 9.47 Å². The van der Waals surface area contributed by atoms with Gasteiger partial charge in [-0.15, -0.1) is 0 Å². The predicted molar refractivity (Wildman–Crippen MR) is 114 cm³/mol. The number of hydrogen-bond acceptors (Lipinski definition) is 4. The minimum atomic E-state index is -1.69. The van der Waals surface area contributed by atoms with Crippen LogP contribution in [-0.2, 0) is 9.53 Å². The average molecular weight is 577 g/mol. The molecule has 0 amide bonds. The molecule has 0 bridgehead atoms. The van der Waals surface area contributed by atoms with Gasteiger partial charge in [0.25, 0.3) is 0 Å². The molecule has 0 aliphatic heterocycles. The highest BCUT2D eigenvalue weighted by Crippen LogP contribution is 2.60. The van der Waals surface area contributed by atoms with Crippen LogP contribution in [0.15, 0.2) is 39.8 Å². The molecular formula is C22H15Br2F4NO3. The fourth-order valence-corrected chi connectivity index (χ4v) is 3.98. The number of esters is 1. The fraction of sp³-hybridized carbons (Fsp3) is 0.273. The molecule has 0 radical (unpaired) electrons. The van der Waals surface area contributed by atoms with Crippen LogP contribution in [0.25, 0.3) is 0 Å². The molecule has 2 aromatic rings. The van der Waals surface area contributed by atoms with Gasteiger partial charge in [0.2, 0.25) is 6.10 Å². The van der Waals surface area contributed by atoms with Crippen LogP contribution in [0.5, 0.6) is 11.5 Å². The van der Waals surface area contributed by atoms with E-state index in [2.05, 4.69) is 31.9 Å². The van der Waals surface area contributed by atoms with E-state index in [1.165, 1.54) is 6.07 Å². The Balaban J connectivity index is 1.81. The molecule has 1 aliphatic rings. The lowest BCUT2D eigenvalue weighted by molar-refractivity contribution is -0.149. The summed E-state index contributed by atoms with van der Waals surface area (Å²) in [5.41, 5.74) is -0.287. The number of ether oxygens (including phenoxy) is 2. The minimum absolute atomic E-state index is 0.0903. The van der Waals surface area contributed by atoms with Crippen molar-refractivity contribution in [3.63, 3.8) is 0 Å². The lowest BCUT2D eigenvalue weighted by atomic mass is 10.1. The highest BCUT2D eigenvalue weighted by molar-refractivity contribution is 9.28. The van der Waals surface area contributed by atoms with Crippen LogP contribution < -0.4 is 4.74 Å². The molecule has 3 rings (SSSR count). The maximum atomic E-state index is 14.2. The Hall–Kier alpha value is -2.38. The molecule has 10 heteroatoms. The molecule has 1 aliphatic carbocycles. The van der Waals surface area contributed by atoms with E-state index in [1.54, 1.807) is 0 Å². The van der Waals surface area contributed by atoms with Gasteiger partial charge in [-0.1, -0.05) is 26.0 Å². The van der Waals surface area contributed by atoms with E-state index in [-0.39, 0.29) is 16.9 Å². The first-order chi connectivity index (χ1) is 14.9. The molecule has 3 unspecified atom stereocenters. The topological polar surface area (TPSA) is 59.3 Å². The Bertz CT molecular complexity index is 1120. The number of carbonyl (C=O) groups excluding carboxylic acids is 1. The van der Waals surface area contributed by atoms with Crippen LogP contribution in [0.2, 0.25) is 0 Å². The summed E-state index contributed by atoms with van der Waals surface area (Å²) in [5, 5.41) is 9.50. The lowest BCUT2D eigenvalue weighted by Crippen LogP contribution is -2.14. The van der Waals surface area contributed by atoms with E-state index in [0.717, 1.165) is 12.1 Å². The number of allylic oxidation sites excluding steroid dienone is 1. The first-order valence-electron chi connectivity index (χ1n) is 9.20. The second-order valence-electron chi connectivity index (χ2n) is 7.72. The zero-order valence-corrected chi connectivity index (χ0v) is 19.8. The third-order valence-electron chi connectivity index (χ3n) is 5.26. The smallest absolute Gasteiger partial charge is 0.311 e. The highest BCUT2D eigenvalue weighted by atomic mass is 79.9. The Morgan fingerprint density at radius 1 is 1.12 bits per heavy atom. The summed E-state index contributed by atoms with van der Waals surface area (Å²) in [4.78, 5) is 12.6. The maximum absolute atomic E-state index is 14.2. The summed E-state index contributed by atoms with van der Waals surface area (Å²) >= 11 is 6.51. The quantitative estimate of drug-likeness (QED) is 0.210. The molecular weight excluding hydrogens is 562 g/mol. The number of benzene rings is 2. The number of nitriles is 1. The molecule has 4 nitrogen and oxygen atoms in total. The molecule has 0 saturated heterocycles. The third kappa shape index (κ3) is 4.99. The van der Waals surface area contributed by atoms with Gasteiger partial charge in [0.1, 0.15) is 11.8 Å². The molecule has 1 fully saturated rings. The normalized spacial score (nSPS) is 19.5. The van der Waals surface area contributed by atoms with Gasteiger partial charge in [0, 0.05) is 17.7 Å². The van der Waals surface area contributed by atoms with Gasteiger partial charge in [-0.3, -0.25) is 4.79 Å². The monoisotopic (exact) mass is 575 g/mol. The van der Waals surface area contributed by atoms with Crippen molar-refractivity contribution in [3.05, 3.63) is 68.6 Å². The number of rotatable bonds is 6. The van der Waals surface area contributed by atoms with Crippen molar-refractivity contribution in [2.24, 2.45) is 17.3 Å². The summed E-state index contributed by atoms with van der Waals surface area (Å²) < 4.78 is 65.3. The van der Waals surface area contributed by atoms with Crippen molar-refractivity contribution < 1.29 is 31.8 Å². The zero-order chi connectivity index (χ0) is 23.8. The summed E-state index contributed by atoms with van der Waals surface area (Å²) in [5.74, 6) is -7.78. The predicted octanol–water partition coefficient (Wildman–Crippen LogP) is 7.05. The molecule has 0 N–H and O–H groups in total. The lowest BCUT2D eigenvalue weighted by Gasteiger charge is -2.14. The van der Waals surface area contributed by atoms with Crippen LogP contribution in [0.4, 0.5) is 17.6 Å². The van der Waals surface area contributed by atoms with E-state index in [9.17, 15) is 27.6 Å². The largest absolute Gasteiger partial charge is 0.454 e. The van der Waals surface area contributed by atoms with Crippen molar-refractivity contribution in [3.8, 4) is 17.6 Å². The molecule has 1 saturated carbocycles.